The highest BCUT2D eigenvalue weighted by molar-refractivity contribution is 9.11. The summed E-state index contributed by atoms with van der Waals surface area (Å²) in [6, 6.07) is 9.88. The number of benzene rings is 2. The number of nitrogens with one attached hydrogen (secondary N) is 2. The largest absolute Gasteiger partial charge is 0.480 e. The Morgan fingerprint density at radius 2 is 1.47 bits per heavy atom. The molecule has 2 aromatic carbocycles. The highest BCUT2D eigenvalue weighted by Crippen LogP contribution is 2.26. The molecule has 0 amide bonds. The van der Waals surface area contributed by atoms with Crippen LogP contribution in [0.15, 0.2) is 57.7 Å². The average molecular weight is 566 g/mol. The standard InChI is InChI=1S/2C11H11BrN2O2/c12-7-1-2-8-6(3-9(13)11(15)16)5-14-10(8)4-7;12-8-3-1-2-7-6(5-14-10(7)8)4-9(13)11(15)16/h1-2,4-5,9,14H,3,13H2,(H,15,16);1-3,5,9,14H,4,13H2,(H,15,16). The van der Waals surface area contributed by atoms with E-state index in [1.165, 1.54) is 0 Å². The van der Waals surface area contributed by atoms with E-state index in [9.17, 15) is 9.59 Å². The molecule has 8 N–H and O–H groups in total. The molecule has 0 saturated carbocycles. The normalized spacial score (nSPS) is 12.9. The minimum atomic E-state index is -0.982. The van der Waals surface area contributed by atoms with E-state index in [1.54, 1.807) is 12.4 Å². The lowest BCUT2D eigenvalue weighted by Crippen LogP contribution is -2.32. The first kappa shape index (κ1) is 24.0. The molecule has 32 heavy (non-hydrogen) atoms. The molecule has 0 aliphatic carbocycles. The van der Waals surface area contributed by atoms with Crippen molar-refractivity contribution in [3.05, 3.63) is 68.9 Å². The molecule has 0 fully saturated rings. The Morgan fingerprint density at radius 1 is 0.875 bits per heavy atom. The van der Waals surface area contributed by atoms with Gasteiger partial charge in [-0.2, -0.15) is 0 Å². The van der Waals surface area contributed by atoms with Crippen molar-refractivity contribution in [1.82, 2.24) is 9.97 Å². The second kappa shape index (κ2) is 10.3. The van der Waals surface area contributed by atoms with Gasteiger partial charge in [0.15, 0.2) is 0 Å². The van der Waals surface area contributed by atoms with Gasteiger partial charge < -0.3 is 31.6 Å². The molecule has 0 spiro atoms. The molecular weight excluding hydrogens is 544 g/mol. The molecule has 4 rings (SSSR count). The van der Waals surface area contributed by atoms with Crippen LogP contribution in [0.3, 0.4) is 0 Å². The van der Waals surface area contributed by atoms with Gasteiger partial charge in [0.1, 0.15) is 12.1 Å². The summed E-state index contributed by atoms with van der Waals surface area (Å²) in [5.41, 5.74) is 14.8. The number of aromatic nitrogens is 2. The van der Waals surface area contributed by atoms with Crippen LogP contribution >= 0.6 is 31.9 Å². The maximum Gasteiger partial charge on any atom is 0.320 e. The number of carboxylic acids is 2. The number of fused-ring (bicyclic) bond motifs is 2. The van der Waals surface area contributed by atoms with E-state index in [0.29, 0.717) is 12.8 Å². The average Bonchev–Trinajstić information content (AvgIpc) is 3.33. The molecule has 2 aromatic heterocycles. The third-order valence-corrected chi connectivity index (χ3v) is 6.15. The van der Waals surface area contributed by atoms with Gasteiger partial charge in [0.25, 0.3) is 0 Å². The molecule has 2 unspecified atom stereocenters. The van der Waals surface area contributed by atoms with Gasteiger partial charge in [-0.1, -0.05) is 34.1 Å². The fourth-order valence-electron chi connectivity index (χ4n) is 3.32. The molecule has 10 heteroatoms. The Bertz CT molecular complexity index is 1270. The van der Waals surface area contributed by atoms with E-state index >= 15 is 0 Å². The fraction of sp³-hybridized carbons (Fsp3) is 0.182. The fourth-order valence-corrected chi connectivity index (χ4v) is 4.16. The number of halogens is 2. The Balaban J connectivity index is 0.000000181. The van der Waals surface area contributed by atoms with Crippen molar-refractivity contribution in [2.24, 2.45) is 11.5 Å². The van der Waals surface area contributed by atoms with Crippen LogP contribution < -0.4 is 11.5 Å². The summed E-state index contributed by atoms with van der Waals surface area (Å²) >= 11 is 6.80. The van der Waals surface area contributed by atoms with E-state index in [1.807, 2.05) is 36.4 Å². The molecule has 0 saturated heterocycles. The van der Waals surface area contributed by atoms with Gasteiger partial charge in [-0.05, 0) is 45.3 Å². The zero-order valence-electron chi connectivity index (χ0n) is 16.8. The summed E-state index contributed by atoms with van der Waals surface area (Å²) in [6.07, 6.45) is 4.26. The zero-order chi connectivity index (χ0) is 23.4. The summed E-state index contributed by atoms with van der Waals surface area (Å²) in [5, 5.41) is 19.5. The van der Waals surface area contributed by atoms with Gasteiger partial charge in [-0.15, -0.1) is 0 Å². The molecule has 8 nitrogen and oxygen atoms in total. The second-order valence-electron chi connectivity index (χ2n) is 7.28. The zero-order valence-corrected chi connectivity index (χ0v) is 20.0. The molecule has 2 heterocycles. The van der Waals surface area contributed by atoms with E-state index in [0.717, 1.165) is 41.9 Å². The first-order valence-electron chi connectivity index (χ1n) is 9.64. The molecule has 0 radical (unpaired) electrons. The van der Waals surface area contributed by atoms with Gasteiger partial charge in [0, 0.05) is 50.5 Å². The Hall–Kier alpha value is -2.66. The van der Waals surface area contributed by atoms with Crippen LogP contribution in [-0.2, 0) is 22.4 Å². The van der Waals surface area contributed by atoms with E-state index < -0.39 is 24.0 Å². The van der Waals surface area contributed by atoms with Gasteiger partial charge in [0.2, 0.25) is 0 Å². The molecular formula is C22H22Br2N4O4. The molecule has 4 aromatic rings. The van der Waals surface area contributed by atoms with Crippen molar-refractivity contribution in [3.8, 4) is 0 Å². The van der Waals surface area contributed by atoms with E-state index in [-0.39, 0.29) is 0 Å². The Kier molecular flexibility index (Phi) is 7.73. The maximum absolute atomic E-state index is 10.7. The number of carboxylic acid groups (broad SMARTS) is 2. The summed E-state index contributed by atoms with van der Waals surface area (Å²) in [4.78, 5) is 27.6. The van der Waals surface area contributed by atoms with Crippen LogP contribution in [0.5, 0.6) is 0 Å². The summed E-state index contributed by atoms with van der Waals surface area (Å²) < 4.78 is 1.94. The van der Waals surface area contributed by atoms with Gasteiger partial charge in [-0.3, -0.25) is 9.59 Å². The predicted molar refractivity (Wildman–Crippen MR) is 131 cm³/mol. The van der Waals surface area contributed by atoms with Crippen LogP contribution in [-0.4, -0.2) is 44.2 Å². The Morgan fingerprint density at radius 3 is 2.09 bits per heavy atom. The van der Waals surface area contributed by atoms with Crippen molar-refractivity contribution >= 4 is 65.6 Å². The predicted octanol–water partition coefficient (Wildman–Crippen LogP) is 3.77. The quantitative estimate of drug-likeness (QED) is 0.209. The minimum absolute atomic E-state index is 0.325. The molecule has 0 bridgehead atoms. The van der Waals surface area contributed by atoms with Crippen molar-refractivity contribution in [3.63, 3.8) is 0 Å². The lowest BCUT2D eigenvalue weighted by Gasteiger charge is -2.04. The SMILES string of the molecule is NC(Cc1c[nH]c2c(Br)cccc12)C(=O)O.NC(Cc1c[nH]c2cc(Br)ccc12)C(=O)O. The number of H-pyrrole nitrogens is 2. The Labute approximate surface area is 200 Å². The van der Waals surface area contributed by atoms with Crippen LogP contribution in [0.25, 0.3) is 21.8 Å². The highest BCUT2D eigenvalue weighted by Gasteiger charge is 2.16. The number of nitrogens with two attached hydrogens (primary N) is 2. The number of hydrogen-bond acceptors (Lipinski definition) is 4. The van der Waals surface area contributed by atoms with E-state index in [2.05, 4.69) is 41.8 Å². The third kappa shape index (κ3) is 5.57. The maximum atomic E-state index is 10.7. The summed E-state index contributed by atoms with van der Waals surface area (Å²) in [7, 11) is 0. The van der Waals surface area contributed by atoms with Crippen molar-refractivity contribution in [2.75, 3.05) is 0 Å². The summed E-state index contributed by atoms with van der Waals surface area (Å²) in [5.74, 6) is -1.96. The van der Waals surface area contributed by atoms with Crippen LogP contribution in [0, 0.1) is 0 Å². The van der Waals surface area contributed by atoms with Crippen molar-refractivity contribution in [1.29, 1.82) is 0 Å². The lowest BCUT2D eigenvalue weighted by molar-refractivity contribution is -0.139. The minimum Gasteiger partial charge on any atom is -0.480 e. The van der Waals surface area contributed by atoms with Crippen molar-refractivity contribution < 1.29 is 19.8 Å². The highest BCUT2D eigenvalue weighted by atomic mass is 79.9. The number of carbonyl (C=O) groups is 2. The van der Waals surface area contributed by atoms with Crippen LogP contribution in [0.4, 0.5) is 0 Å². The topological polar surface area (TPSA) is 158 Å². The first-order chi connectivity index (χ1) is 15.2. The number of para-hydroxylation sites is 1. The molecule has 0 aliphatic heterocycles. The number of rotatable bonds is 6. The first-order valence-corrected chi connectivity index (χ1v) is 11.2. The van der Waals surface area contributed by atoms with Gasteiger partial charge >= 0.3 is 11.9 Å². The summed E-state index contributed by atoms with van der Waals surface area (Å²) in [6.45, 7) is 0. The molecule has 168 valence electrons. The van der Waals surface area contributed by atoms with Crippen molar-refractivity contribution in [2.45, 2.75) is 24.9 Å². The van der Waals surface area contributed by atoms with E-state index in [4.69, 9.17) is 21.7 Å². The third-order valence-electron chi connectivity index (χ3n) is 4.99. The lowest BCUT2D eigenvalue weighted by atomic mass is 10.1. The number of hydrogen-bond donors (Lipinski definition) is 6. The molecule has 0 aliphatic rings. The monoisotopic (exact) mass is 564 g/mol. The van der Waals surface area contributed by atoms with Gasteiger partial charge in [-0.25, -0.2) is 0 Å². The van der Waals surface area contributed by atoms with Crippen LogP contribution in [0.2, 0.25) is 0 Å². The number of aliphatic carboxylic acids is 2. The van der Waals surface area contributed by atoms with Gasteiger partial charge in [0.05, 0.1) is 5.52 Å². The second-order valence-corrected chi connectivity index (χ2v) is 9.05. The molecule has 2 atom stereocenters. The van der Waals surface area contributed by atoms with Crippen LogP contribution in [0.1, 0.15) is 11.1 Å². The number of aromatic amines is 2. The smallest absolute Gasteiger partial charge is 0.320 e.